The second-order valence-corrected chi connectivity index (χ2v) is 9.74. The van der Waals surface area contributed by atoms with Crippen LogP contribution in [0.15, 0.2) is 25.3 Å². The minimum Gasteiger partial charge on any atom is -0.461 e. The molecule has 0 saturated carbocycles. The molecule has 1 N–H and O–H groups in total. The first-order chi connectivity index (χ1) is 14.7. The van der Waals surface area contributed by atoms with Crippen molar-refractivity contribution in [1.29, 1.82) is 0 Å². The highest BCUT2D eigenvalue weighted by Gasteiger charge is 2.77. The maximum absolute atomic E-state index is 13.8. The zero-order valence-corrected chi connectivity index (χ0v) is 19.6. The number of carbonyl (C=O) groups is 3. The van der Waals surface area contributed by atoms with Gasteiger partial charge in [-0.1, -0.05) is 34.7 Å². The van der Waals surface area contributed by atoms with Crippen molar-refractivity contribution in [3.63, 3.8) is 0 Å². The third-order valence-electron chi connectivity index (χ3n) is 6.43. The quantitative estimate of drug-likeness (QED) is 0.276. The molecule has 3 rings (SSSR count). The summed E-state index contributed by atoms with van der Waals surface area (Å²) in [6.45, 7) is 11.6. The standard InChI is InChI=1S/C22H31BrN2O6/c1-5-8-24(13(3)4)20(28)18-22-12-14(23)17(31-22)15(21(29)30-11-6-2)16(22)19(27)25(18)9-7-10-26/h5-6,13-18,26H,1-2,7-12H2,3-4H3/t14?,15-,16+,17-,18?,22?/m1/s1. The maximum atomic E-state index is 13.8. The Morgan fingerprint density at radius 3 is 2.71 bits per heavy atom. The third-order valence-corrected chi connectivity index (χ3v) is 7.27. The molecular formula is C22H31BrN2O6. The first-order valence-electron chi connectivity index (χ1n) is 10.7. The van der Waals surface area contributed by atoms with E-state index in [1.165, 1.54) is 11.0 Å². The Kier molecular flexibility index (Phi) is 7.28. The normalized spacial score (nSPS) is 33.5. The summed E-state index contributed by atoms with van der Waals surface area (Å²) < 4.78 is 11.6. The minimum absolute atomic E-state index is 0.0416. The number of nitrogens with zero attached hydrogens (tertiary/aromatic N) is 2. The van der Waals surface area contributed by atoms with Gasteiger partial charge in [0.15, 0.2) is 0 Å². The summed E-state index contributed by atoms with van der Waals surface area (Å²) in [5, 5.41) is 9.36. The smallest absolute Gasteiger partial charge is 0.312 e. The number of alkyl halides is 1. The molecule has 3 aliphatic heterocycles. The second-order valence-electron chi connectivity index (χ2n) is 8.56. The number of aliphatic hydroxyl groups is 1. The molecule has 2 bridgehead atoms. The Morgan fingerprint density at radius 2 is 2.13 bits per heavy atom. The number of aliphatic hydroxyl groups excluding tert-OH is 1. The van der Waals surface area contributed by atoms with Crippen molar-refractivity contribution in [3.8, 4) is 0 Å². The molecule has 0 aromatic rings. The largest absolute Gasteiger partial charge is 0.461 e. The average molecular weight is 499 g/mol. The van der Waals surface area contributed by atoms with Crippen LogP contribution in [-0.2, 0) is 23.9 Å². The van der Waals surface area contributed by atoms with Crippen molar-refractivity contribution < 1.29 is 29.0 Å². The third kappa shape index (κ3) is 3.85. The van der Waals surface area contributed by atoms with Gasteiger partial charge in [-0.15, -0.1) is 6.58 Å². The van der Waals surface area contributed by atoms with Gasteiger partial charge in [-0.05, 0) is 26.7 Å². The van der Waals surface area contributed by atoms with Crippen molar-refractivity contribution in [2.75, 3.05) is 26.3 Å². The number of likely N-dealkylation sites (tertiary alicyclic amines) is 1. The molecule has 9 heteroatoms. The number of esters is 1. The first kappa shape index (κ1) is 23.9. The van der Waals surface area contributed by atoms with Gasteiger partial charge in [0.25, 0.3) is 0 Å². The minimum atomic E-state index is -1.12. The molecule has 3 aliphatic rings. The highest BCUT2D eigenvalue weighted by Crippen LogP contribution is 2.60. The maximum Gasteiger partial charge on any atom is 0.312 e. The van der Waals surface area contributed by atoms with Gasteiger partial charge in [0.2, 0.25) is 11.8 Å². The molecule has 2 amide bonds. The lowest BCUT2D eigenvalue weighted by atomic mass is 9.70. The summed E-state index contributed by atoms with van der Waals surface area (Å²) in [5.74, 6) is -2.64. The molecule has 31 heavy (non-hydrogen) atoms. The fraction of sp³-hybridized carbons (Fsp3) is 0.682. The molecule has 0 aromatic carbocycles. The Labute approximate surface area is 191 Å². The van der Waals surface area contributed by atoms with Gasteiger partial charge in [0.05, 0.1) is 17.9 Å². The second kappa shape index (κ2) is 9.42. The van der Waals surface area contributed by atoms with Gasteiger partial charge < -0.3 is 24.4 Å². The van der Waals surface area contributed by atoms with Gasteiger partial charge in [-0.25, -0.2) is 0 Å². The van der Waals surface area contributed by atoms with E-state index in [-0.39, 0.29) is 42.4 Å². The van der Waals surface area contributed by atoms with E-state index < -0.39 is 35.6 Å². The molecule has 0 aromatic heterocycles. The number of ether oxygens (including phenoxy) is 2. The van der Waals surface area contributed by atoms with Crippen molar-refractivity contribution >= 4 is 33.7 Å². The fourth-order valence-corrected chi connectivity index (χ4v) is 6.19. The SMILES string of the molecule is C=CCOC(=O)[C@H]1[C@@H]2OC3(CC2Br)C(C(=O)N(CC=C)C(C)C)N(CCCO)C(=O)[C@H]13. The molecule has 6 atom stereocenters. The number of hydrogen-bond donors (Lipinski definition) is 1. The van der Waals surface area contributed by atoms with Crippen molar-refractivity contribution in [3.05, 3.63) is 25.3 Å². The van der Waals surface area contributed by atoms with E-state index in [2.05, 4.69) is 29.1 Å². The Bertz CT molecular complexity index is 758. The highest BCUT2D eigenvalue weighted by molar-refractivity contribution is 9.09. The van der Waals surface area contributed by atoms with Crippen LogP contribution < -0.4 is 0 Å². The molecule has 0 radical (unpaired) electrons. The van der Waals surface area contributed by atoms with Crippen molar-refractivity contribution in [2.45, 2.75) is 55.3 Å². The first-order valence-corrected chi connectivity index (χ1v) is 11.6. The monoisotopic (exact) mass is 498 g/mol. The van der Waals surface area contributed by atoms with Gasteiger partial charge >= 0.3 is 5.97 Å². The summed E-state index contributed by atoms with van der Waals surface area (Å²) in [7, 11) is 0. The van der Waals surface area contributed by atoms with Crippen LogP contribution in [-0.4, -0.2) is 87.6 Å². The Balaban J connectivity index is 2.04. The zero-order chi connectivity index (χ0) is 22.9. The van der Waals surface area contributed by atoms with Crippen LogP contribution >= 0.6 is 15.9 Å². The zero-order valence-electron chi connectivity index (χ0n) is 18.0. The van der Waals surface area contributed by atoms with E-state index in [0.29, 0.717) is 19.4 Å². The predicted octanol–water partition coefficient (Wildman–Crippen LogP) is 1.27. The molecule has 8 nitrogen and oxygen atoms in total. The van der Waals surface area contributed by atoms with E-state index in [1.807, 2.05) is 13.8 Å². The lowest BCUT2D eigenvalue weighted by Gasteiger charge is -2.38. The summed E-state index contributed by atoms with van der Waals surface area (Å²) in [4.78, 5) is 43.2. The van der Waals surface area contributed by atoms with Gasteiger partial charge in [-0.2, -0.15) is 0 Å². The fourth-order valence-electron chi connectivity index (χ4n) is 5.25. The topological polar surface area (TPSA) is 96.4 Å². The summed E-state index contributed by atoms with van der Waals surface area (Å²) in [5.41, 5.74) is -1.12. The van der Waals surface area contributed by atoms with Crippen LogP contribution in [0, 0.1) is 11.8 Å². The molecule has 3 fully saturated rings. The van der Waals surface area contributed by atoms with Crippen LogP contribution in [0.4, 0.5) is 0 Å². The summed E-state index contributed by atoms with van der Waals surface area (Å²) in [6.07, 6.45) is 3.34. The van der Waals surface area contributed by atoms with Crippen LogP contribution in [0.2, 0.25) is 0 Å². The molecule has 172 valence electrons. The van der Waals surface area contributed by atoms with Crippen molar-refractivity contribution in [1.82, 2.24) is 9.80 Å². The molecule has 0 aliphatic carbocycles. The lowest BCUT2D eigenvalue weighted by Crippen LogP contribution is -2.58. The van der Waals surface area contributed by atoms with E-state index in [1.54, 1.807) is 11.0 Å². The van der Waals surface area contributed by atoms with Crippen molar-refractivity contribution in [2.24, 2.45) is 11.8 Å². The highest BCUT2D eigenvalue weighted by atomic mass is 79.9. The number of hydrogen-bond acceptors (Lipinski definition) is 6. The Morgan fingerprint density at radius 1 is 1.42 bits per heavy atom. The molecule has 3 unspecified atom stereocenters. The van der Waals surface area contributed by atoms with Crippen LogP contribution in [0.3, 0.4) is 0 Å². The number of carbonyl (C=O) groups excluding carboxylic acids is 3. The van der Waals surface area contributed by atoms with Crippen LogP contribution in [0.5, 0.6) is 0 Å². The molecular weight excluding hydrogens is 468 g/mol. The number of amides is 2. The van der Waals surface area contributed by atoms with Crippen LogP contribution in [0.1, 0.15) is 26.7 Å². The van der Waals surface area contributed by atoms with Gasteiger partial charge in [0, 0.05) is 30.6 Å². The lowest BCUT2D eigenvalue weighted by molar-refractivity contribution is -0.154. The molecule has 1 spiro atoms. The van der Waals surface area contributed by atoms with E-state index in [0.717, 1.165) is 0 Å². The molecule has 3 saturated heterocycles. The Hall–Kier alpha value is -1.71. The summed E-state index contributed by atoms with van der Waals surface area (Å²) >= 11 is 3.61. The molecule has 3 heterocycles. The summed E-state index contributed by atoms with van der Waals surface area (Å²) in [6, 6.07) is -0.983. The number of fused-ring (bicyclic) bond motifs is 1. The van der Waals surface area contributed by atoms with E-state index in [4.69, 9.17) is 9.47 Å². The van der Waals surface area contributed by atoms with Gasteiger partial charge in [0.1, 0.15) is 18.2 Å². The number of halogens is 1. The van der Waals surface area contributed by atoms with E-state index >= 15 is 0 Å². The van der Waals surface area contributed by atoms with Crippen LogP contribution in [0.25, 0.3) is 0 Å². The average Bonchev–Trinajstić information content (AvgIpc) is 3.31. The van der Waals surface area contributed by atoms with E-state index in [9.17, 15) is 19.5 Å². The number of rotatable bonds is 10. The van der Waals surface area contributed by atoms with Gasteiger partial charge in [-0.3, -0.25) is 14.4 Å². The predicted molar refractivity (Wildman–Crippen MR) is 117 cm³/mol.